The first-order chi connectivity index (χ1) is 6.86. The number of hydrogen-bond acceptors (Lipinski definition) is 3. The van der Waals surface area contributed by atoms with Gasteiger partial charge in [0.2, 0.25) is 5.76 Å². The van der Waals surface area contributed by atoms with Crippen molar-refractivity contribution in [3.8, 4) is 0 Å². The molecular weight excluding hydrogens is 281 g/mol. The van der Waals surface area contributed by atoms with Crippen molar-refractivity contribution >= 4 is 21.9 Å². The van der Waals surface area contributed by atoms with Gasteiger partial charge >= 0.3 is 12.1 Å². The third kappa shape index (κ3) is 2.74. The van der Waals surface area contributed by atoms with Gasteiger partial charge in [0.25, 0.3) is 0 Å². The highest BCUT2D eigenvalue weighted by molar-refractivity contribution is 9.10. The van der Waals surface area contributed by atoms with Gasteiger partial charge in [-0.1, -0.05) is 0 Å². The molecule has 1 aromatic heterocycles. The Kier molecular flexibility index (Phi) is 3.43. The van der Waals surface area contributed by atoms with E-state index in [9.17, 15) is 18.0 Å². The van der Waals surface area contributed by atoms with Crippen molar-refractivity contribution < 1.29 is 27.1 Å². The molecule has 0 N–H and O–H groups in total. The third-order valence-corrected chi connectivity index (χ3v) is 1.85. The zero-order chi connectivity index (χ0) is 11.6. The molecule has 1 aromatic rings. The second-order valence-electron chi connectivity index (χ2n) is 2.51. The van der Waals surface area contributed by atoms with Gasteiger partial charge in [0.1, 0.15) is 5.56 Å². The molecule has 15 heavy (non-hydrogen) atoms. The molecular formula is C8H6BrF3O3. The van der Waals surface area contributed by atoms with Crippen molar-refractivity contribution in [2.45, 2.75) is 13.1 Å². The molecule has 0 spiro atoms. The fourth-order valence-electron chi connectivity index (χ4n) is 0.932. The van der Waals surface area contributed by atoms with Crippen LogP contribution in [0.1, 0.15) is 23.0 Å². The van der Waals surface area contributed by atoms with E-state index in [2.05, 4.69) is 25.1 Å². The van der Waals surface area contributed by atoms with Gasteiger partial charge in [-0.05, 0) is 22.9 Å². The van der Waals surface area contributed by atoms with Crippen LogP contribution in [-0.4, -0.2) is 12.6 Å². The van der Waals surface area contributed by atoms with Gasteiger partial charge in [0.05, 0.1) is 6.61 Å². The van der Waals surface area contributed by atoms with E-state index in [-0.39, 0.29) is 11.3 Å². The van der Waals surface area contributed by atoms with Crippen molar-refractivity contribution in [1.82, 2.24) is 0 Å². The summed E-state index contributed by atoms with van der Waals surface area (Å²) in [6, 6.07) is 0.931. The third-order valence-electron chi connectivity index (χ3n) is 1.45. The average Bonchev–Trinajstić information content (AvgIpc) is 2.47. The molecule has 3 nitrogen and oxygen atoms in total. The lowest BCUT2D eigenvalue weighted by atomic mass is 10.2. The zero-order valence-electron chi connectivity index (χ0n) is 7.52. The Hall–Kier alpha value is -0.980. The summed E-state index contributed by atoms with van der Waals surface area (Å²) in [5.74, 6) is -2.41. The fourth-order valence-corrected chi connectivity index (χ4v) is 1.32. The molecule has 0 saturated heterocycles. The van der Waals surface area contributed by atoms with E-state index in [0.717, 1.165) is 6.07 Å². The van der Waals surface area contributed by atoms with Crippen LogP contribution in [0.15, 0.2) is 15.2 Å². The van der Waals surface area contributed by atoms with E-state index in [1.165, 1.54) is 6.92 Å². The molecule has 0 saturated carbocycles. The number of carbonyl (C=O) groups excluding carboxylic acids is 1. The predicted molar refractivity (Wildman–Crippen MR) is 47.4 cm³/mol. The lowest BCUT2D eigenvalue weighted by molar-refractivity contribution is -0.154. The average molecular weight is 287 g/mol. The second kappa shape index (κ2) is 4.26. The number of rotatable bonds is 2. The Morgan fingerprint density at radius 3 is 2.67 bits per heavy atom. The van der Waals surface area contributed by atoms with Crippen molar-refractivity contribution in [1.29, 1.82) is 0 Å². The van der Waals surface area contributed by atoms with Crippen LogP contribution in [0.2, 0.25) is 0 Å². The fraction of sp³-hybridized carbons (Fsp3) is 0.375. The molecule has 1 rings (SSSR count). The molecule has 0 atom stereocenters. The van der Waals surface area contributed by atoms with Crippen LogP contribution in [0.3, 0.4) is 0 Å². The lowest BCUT2D eigenvalue weighted by Crippen LogP contribution is -2.12. The summed E-state index contributed by atoms with van der Waals surface area (Å²) >= 11 is 2.72. The van der Waals surface area contributed by atoms with Crippen LogP contribution in [0.4, 0.5) is 13.2 Å². The standard InChI is InChI=1S/C8H6BrF3O3/c1-2-14-7(13)4-3-5(9)15-6(4)8(10,11)12/h3H,2H2,1H3. The minimum atomic E-state index is -4.71. The van der Waals surface area contributed by atoms with Gasteiger partial charge in [-0.2, -0.15) is 13.2 Å². The van der Waals surface area contributed by atoms with Crippen LogP contribution in [-0.2, 0) is 10.9 Å². The van der Waals surface area contributed by atoms with E-state index >= 15 is 0 Å². The van der Waals surface area contributed by atoms with Crippen LogP contribution in [0.5, 0.6) is 0 Å². The molecule has 0 aliphatic carbocycles. The maximum absolute atomic E-state index is 12.3. The van der Waals surface area contributed by atoms with Crippen molar-refractivity contribution in [3.05, 3.63) is 22.1 Å². The van der Waals surface area contributed by atoms with Crippen molar-refractivity contribution in [3.63, 3.8) is 0 Å². The summed E-state index contributed by atoms with van der Waals surface area (Å²) in [5, 5.41) is 0. The van der Waals surface area contributed by atoms with E-state index in [4.69, 9.17) is 0 Å². The first kappa shape index (κ1) is 12.1. The second-order valence-corrected chi connectivity index (χ2v) is 3.29. The molecule has 0 unspecified atom stereocenters. The molecule has 7 heteroatoms. The van der Waals surface area contributed by atoms with Gasteiger partial charge in [-0.15, -0.1) is 0 Å². The molecule has 0 aromatic carbocycles. The summed E-state index contributed by atoms with van der Waals surface area (Å²) in [6.45, 7) is 1.50. The Labute approximate surface area is 91.3 Å². The first-order valence-electron chi connectivity index (χ1n) is 3.90. The maximum Gasteiger partial charge on any atom is 0.450 e. The normalized spacial score (nSPS) is 11.5. The van der Waals surface area contributed by atoms with Gasteiger partial charge in [0.15, 0.2) is 4.67 Å². The molecule has 0 aliphatic heterocycles. The van der Waals surface area contributed by atoms with Crippen LogP contribution in [0.25, 0.3) is 0 Å². The molecule has 0 amide bonds. The largest absolute Gasteiger partial charge is 0.462 e. The summed E-state index contributed by atoms with van der Waals surface area (Å²) in [6.07, 6.45) is -4.71. The highest BCUT2D eigenvalue weighted by Crippen LogP contribution is 2.35. The molecule has 0 bridgehead atoms. The number of ether oxygens (including phenoxy) is 1. The number of furan rings is 1. The number of hydrogen-bond donors (Lipinski definition) is 0. The summed E-state index contributed by atoms with van der Waals surface area (Å²) in [5.41, 5.74) is -0.628. The topological polar surface area (TPSA) is 39.4 Å². The smallest absolute Gasteiger partial charge is 0.450 e. The van der Waals surface area contributed by atoms with E-state index in [1.54, 1.807) is 0 Å². The van der Waals surface area contributed by atoms with Gasteiger partial charge in [-0.25, -0.2) is 4.79 Å². The van der Waals surface area contributed by atoms with Gasteiger partial charge < -0.3 is 9.15 Å². The number of halogens is 4. The minimum absolute atomic E-state index is 0.00106. The van der Waals surface area contributed by atoms with Crippen LogP contribution >= 0.6 is 15.9 Å². The highest BCUT2D eigenvalue weighted by atomic mass is 79.9. The van der Waals surface area contributed by atoms with Crippen molar-refractivity contribution in [2.75, 3.05) is 6.61 Å². The molecule has 0 aliphatic rings. The SMILES string of the molecule is CCOC(=O)c1cc(Br)oc1C(F)(F)F. The van der Waals surface area contributed by atoms with Crippen LogP contribution in [0, 0.1) is 0 Å². The lowest BCUT2D eigenvalue weighted by Gasteiger charge is -2.05. The monoisotopic (exact) mass is 286 g/mol. The quantitative estimate of drug-likeness (QED) is 0.784. The van der Waals surface area contributed by atoms with Crippen molar-refractivity contribution in [2.24, 2.45) is 0 Å². The number of esters is 1. The Morgan fingerprint density at radius 1 is 1.60 bits per heavy atom. The minimum Gasteiger partial charge on any atom is -0.462 e. The number of carbonyl (C=O) groups is 1. The summed E-state index contributed by atoms with van der Waals surface area (Å²) < 4.78 is 45.6. The Balaban J connectivity index is 3.12. The molecule has 84 valence electrons. The van der Waals surface area contributed by atoms with E-state index in [1.807, 2.05) is 0 Å². The highest BCUT2D eigenvalue weighted by Gasteiger charge is 2.40. The first-order valence-corrected chi connectivity index (χ1v) is 4.69. The molecule has 0 radical (unpaired) electrons. The Bertz CT molecular complexity index is 370. The molecule has 0 fully saturated rings. The zero-order valence-corrected chi connectivity index (χ0v) is 9.11. The number of alkyl halides is 3. The maximum atomic E-state index is 12.3. The van der Waals surface area contributed by atoms with E-state index < -0.39 is 23.5 Å². The van der Waals surface area contributed by atoms with Gasteiger partial charge in [-0.3, -0.25) is 0 Å². The Morgan fingerprint density at radius 2 is 2.20 bits per heavy atom. The summed E-state index contributed by atoms with van der Waals surface area (Å²) in [7, 11) is 0. The van der Waals surface area contributed by atoms with Crippen LogP contribution < -0.4 is 0 Å². The summed E-state index contributed by atoms with van der Waals surface area (Å²) in [4.78, 5) is 11.1. The molecule has 1 heterocycles. The predicted octanol–water partition coefficient (Wildman–Crippen LogP) is 3.24. The van der Waals surface area contributed by atoms with Gasteiger partial charge in [0, 0.05) is 6.07 Å². The van der Waals surface area contributed by atoms with E-state index in [0.29, 0.717) is 0 Å².